The zero-order valence-corrected chi connectivity index (χ0v) is 8.65. The van der Waals surface area contributed by atoms with E-state index in [1.165, 1.54) is 0 Å². The molecule has 2 unspecified atom stereocenters. The van der Waals surface area contributed by atoms with Gasteiger partial charge in [-0.15, -0.1) is 0 Å². The number of nitrogens with zero attached hydrogens (tertiary/aromatic N) is 3. The SMILES string of the molecule is Cc1nc(N)nc2c1N=CC(C)C2C. The Morgan fingerprint density at radius 3 is 2.71 bits per heavy atom. The Hall–Kier alpha value is -1.45. The van der Waals surface area contributed by atoms with Gasteiger partial charge in [-0.1, -0.05) is 13.8 Å². The van der Waals surface area contributed by atoms with E-state index in [-0.39, 0.29) is 0 Å². The zero-order valence-electron chi connectivity index (χ0n) is 8.65. The summed E-state index contributed by atoms with van der Waals surface area (Å²) in [5.41, 5.74) is 8.35. The summed E-state index contributed by atoms with van der Waals surface area (Å²) in [7, 11) is 0. The van der Waals surface area contributed by atoms with Gasteiger partial charge in [0.1, 0.15) is 5.69 Å². The average Bonchev–Trinajstić information content (AvgIpc) is 2.12. The van der Waals surface area contributed by atoms with Gasteiger partial charge in [-0.3, -0.25) is 4.99 Å². The molecule has 2 heterocycles. The molecule has 0 spiro atoms. The fourth-order valence-electron chi connectivity index (χ4n) is 1.66. The Balaban J connectivity index is 2.62. The first-order valence-corrected chi connectivity index (χ1v) is 4.77. The van der Waals surface area contributed by atoms with Crippen LogP contribution < -0.4 is 5.73 Å². The number of aliphatic imine (C=N–C) groups is 1. The first kappa shape index (κ1) is 9.12. The molecule has 0 amide bonds. The number of aromatic nitrogens is 2. The van der Waals surface area contributed by atoms with E-state index >= 15 is 0 Å². The average molecular weight is 190 g/mol. The van der Waals surface area contributed by atoms with Crippen LogP contribution in [0.25, 0.3) is 0 Å². The summed E-state index contributed by atoms with van der Waals surface area (Å²) < 4.78 is 0. The quantitative estimate of drug-likeness (QED) is 0.678. The lowest BCUT2D eigenvalue weighted by Gasteiger charge is -2.22. The molecular weight excluding hydrogens is 176 g/mol. The number of rotatable bonds is 0. The predicted molar refractivity (Wildman–Crippen MR) is 56.9 cm³/mol. The summed E-state index contributed by atoms with van der Waals surface area (Å²) in [6.45, 7) is 6.18. The van der Waals surface area contributed by atoms with E-state index in [0.717, 1.165) is 17.1 Å². The largest absolute Gasteiger partial charge is 0.368 e. The molecule has 1 aromatic rings. The van der Waals surface area contributed by atoms with Gasteiger partial charge in [-0.25, -0.2) is 9.97 Å². The van der Waals surface area contributed by atoms with Crippen LogP contribution in [-0.4, -0.2) is 16.2 Å². The molecule has 0 saturated heterocycles. The molecule has 2 rings (SSSR count). The first-order valence-electron chi connectivity index (χ1n) is 4.77. The molecule has 0 bridgehead atoms. The summed E-state index contributed by atoms with van der Waals surface area (Å²) >= 11 is 0. The maximum Gasteiger partial charge on any atom is 0.220 e. The Morgan fingerprint density at radius 1 is 1.29 bits per heavy atom. The van der Waals surface area contributed by atoms with Crippen molar-refractivity contribution >= 4 is 17.9 Å². The highest BCUT2D eigenvalue weighted by Crippen LogP contribution is 2.35. The summed E-state index contributed by atoms with van der Waals surface area (Å²) in [4.78, 5) is 12.7. The topological polar surface area (TPSA) is 64.2 Å². The van der Waals surface area contributed by atoms with Gasteiger partial charge in [0.05, 0.1) is 11.4 Å². The van der Waals surface area contributed by atoms with Gasteiger partial charge in [0, 0.05) is 12.1 Å². The van der Waals surface area contributed by atoms with Crippen LogP contribution >= 0.6 is 0 Å². The van der Waals surface area contributed by atoms with Crippen molar-refractivity contribution in [1.29, 1.82) is 0 Å². The van der Waals surface area contributed by atoms with E-state index in [0.29, 0.717) is 17.8 Å². The van der Waals surface area contributed by atoms with Gasteiger partial charge < -0.3 is 5.73 Å². The minimum atomic E-state index is 0.345. The normalized spacial score (nSPS) is 24.8. The number of nitrogen functional groups attached to an aromatic ring is 1. The van der Waals surface area contributed by atoms with Gasteiger partial charge in [-0.2, -0.15) is 0 Å². The van der Waals surface area contributed by atoms with Crippen molar-refractivity contribution in [2.75, 3.05) is 5.73 Å². The predicted octanol–water partition coefficient (Wildman–Crippen LogP) is 1.82. The monoisotopic (exact) mass is 190 g/mol. The highest BCUT2D eigenvalue weighted by molar-refractivity contribution is 5.72. The van der Waals surface area contributed by atoms with Crippen LogP contribution in [0.2, 0.25) is 0 Å². The van der Waals surface area contributed by atoms with Crippen LogP contribution in [0, 0.1) is 12.8 Å². The van der Waals surface area contributed by atoms with E-state index in [9.17, 15) is 0 Å². The van der Waals surface area contributed by atoms with Gasteiger partial charge >= 0.3 is 0 Å². The van der Waals surface area contributed by atoms with E-state index in [1.54, 1.807) is 0 Å². The van der Waals surface area contributed by atoms with Crippen molar-refractivity contribution in [2.45, 2.75) is 26.7 Å². The second-order valence-electron chi connectivity index (χ2n) is 3.83. The van der Waals surface area contributed by atoms with Crippen molar-refractivity contribution in [2.24, 2.45) is 10.9 Å². The van der Waals surface area contributed by atoms with Gasteiger partial charge in [0.25, 0.3) is 0 Å². The molecule has 2 atom stereocenters. The van der Waals surface area contributed by atoms with Crippen LogP contribution in [0.4, 0.5) is 11.6 Å². The maximum atomic E-state index is 5.62. The van der Waals surface area contributed by atoms with Crippen LogP contribution in [0.5, 0.6) is 0 Å². The Labute approximate surface area is 83.3 Å². The van der Waals surface area contributed by atoms with Crippen molar-refractivity contribution in [1.82, 2.24) is 9.97 Å². The highest BCUT2D eigenvalue weighted by atomic mass is 15.0. The molecule has 0 saturated carbocycles. The van der Waals surface area contributed by atoms with Crippen molar-refractivity contribution in [3.63, 3.8) is 0 Å². The molecular formula is C10H14N4. The number of hydrogen-bond donors (Lipinski definition) is 1. The van der Waals surface area contributed by atoms with Crippen LogP contribution in [0.15, 0.2) is 4.99 Å². The van der Waals surface area contributed by atoms with Gasteiger partial charge in [0.15, 0.2) is 0 Å². The van der Waals surface area contributed by atoms with E-state index < -0.39 is 0 Å². The first-order chi connectivity index (χ1) is 6.59. The van der Waals surface area contributed by atoms with Gasteiger partial charge in [0.2, 0.25) is 5.95 Å². The smallest absolute Gasteiger partial charge is 0.220 e. The second kappa shape index (κ2) is 3.04. The van der Waals surface area contributed by atoms with E-state index in [2.05, 4.69) is 28.8 Å². The highest BCUT2D eigenvalue weighted by Gasteiger charge is 2.23. The third-order valence-corrected chi connectivity index (χ3v) is 2.76. The third-order valence-electron chi connectivity index (χ3n) is 2.76. The standard InChI is InChI=1S/C10H14N4/c1-5-4-12-9-7(3)13-10(11)14-8(9)6(5)2/h4-6H,1-3H3,(H2,11,13,14). The molecule has 1 aliphatic heterocycles. The summed E-state index contributed by atoms with van der Waals surface area (Å²) in [6, 6.07) is 0. The number of fused-ring (bicyclic) bond motifs is 1. The van der Waals surface area contributed by atoms with Crippen molar-refractivity contribution in [3.8, 4) is 0 Å². The lowest BCUT2D eigenvalue weighted by Crippen LogP contribution is -2.15. The Bertz CT molecular complexity index is 397. The molecule has 74 valence electrons. The number of hydrogen-bond acceptors (Lipinski definition) is 4. The number of anilines is 1. The van der Waals surface area contributed by atoms with E-state index in [4.69, 9.17) is 5.73 Å². The molecule has 1 aliphatic rings. The molecule has 0 aliphatic carbocycles. The number of aryl methyl sites for hydroxylation is 1. The van der Waals surface area contributed by atoms with Crippen LogP contribution in [0.1, 0.15) is 31.2 Å². The molecule has 14 heavy (non-hydrogen) atoms. The van der Waals surface area contributed by atoms with Crippen molar-refractivity contribution < 1.29 is 0 Å². The van der Waals surface area contributed by atoms with Gasteiger partial charge in [-0.05, 0) is 12.8 Å². The summed E-state index contributed by atoms with van der Waals surface area (Å²) in [5, 5.41) is 0. The molecule has 1 aromatic heterocycles. The van der Waals surface area contributed by atoms with Crippen LogP contribution in [-0.2, 0) is 0 Å². The second-order valence-corrected chi connectivity index (χ2v) is 3.83. The molecule has 0 radical (unpaired) electrons. The third kappa shape index (κ3) is 1.27. The minimum Gasteiger partial charge on any atom is -0.368 e. The summed E-state index contributed by atoms with van der Waals surface area (Å²) in [5.74, 6) is 1.13. The maximum absolute atomic E-state index is 5.62. The van der Waals surface area contributed by atoms with E-state index in [1.807, 2.05) is 13.1 Å². The zero-order chi connectivity index (χ0) is 10.3. The molecule has 0 fully saturated rings. The lowest BCUT2D eigenvalue weighted by molar-refractivity contribution is 0.606. The molecule has 2 N–H and O–H groups in total. The minimum absolute atomic E-state index is 0.345. The fourth-order valence-corrected chi connectivity index (χ4v) is 1.66. The fraction of sp³-hybridized carbons (Fsp3) is 0.500. The number of nitrogens with two attached hydrogens (primary N) is 1. The molecule has 4 nitrogen and oxygen atoms in total. The molecule has 0 aromatic carbocycles. The van der Waals surface area contributed by atoms with Crippen molar-refractivity contribution in [3.05, 3.63) is 11.4 Å². The Kier molecular flexibility index (Phi) is 1.98. The molecule has 4 heteroatoms. The Morgan fingerprint density at radius 2 is 2.00 bits per heavy atom. The lowest BCUT2D eigenvalue weighted by atomic mass is 9.90. The summed E-state index contributed by atoms with van der Waals surface area (Å²) in [6.07, 6.45) is 1.96. The van der Waals surface area contributed by atoms with Crippen LogP contribution in [0.3, 0.4) is 0 Å².